The Hall–Kier alpha value is -3.72. The molecule has 0 aliphatic heterocycles. The summed E-state index contributed by atoms with van der Waals surface area (Å²) in [7, 11) is 1.50. The summed E-state index contributed by atoms with van der Waals surface area (Å²) in [6, 6.07) is 11.8. The van der Waals surface area contributed by atoms with Crippen LogP contribution in [0.5, 0.6) is 0 Å². The Kier molecular flexibility index (Phi) is 10.7. The van der Waals surface area contributed by atoms with Crippen LogP contribution in [0.2, 0.25) is 0 Å². The molecular formula is C25H32N4O5. The van der Waals surface area contributed by atoms with Gasteiger partial charge in [-0.25, -0.2) is 0 Å². The maximum Gasteiger partial charge on any atom is 0.323 e. The van der Waals surface area contributed by atoms with Gasteiger partial charge in [-0.05, 0) is 55.0 Å². The molecule has 0 saturated carbocycles. The number of nitrogens with zero attached hydrogens (tertiary/aromatic N) is 2. The van der Waals surface area contributed by atoms with Crippen molar-refractivity contribution in [2.45, 2.75) is 32.1 Å². The predicted octanol–water partition coefficient (Wildman–Crippen LogP) is 2.71. The van der Waals surface area contributed by atoms with E-state index in [1.165, 1.54) is 11.9 Å². The van der Waals surface area contributed by atoms with E-state index in [1.807, 2.05) is 42.6 Å². The number of carboxylic acid groups (broad SMARTS) is 2. The number of carboxylic acids is 2. The molecule has 1 aromatic carbocycles. The molecule has 2 aromatic heterocycles. The molecule has 2 heterocycles. The van der Waals surface area contributed by atoms with E-state index in [9.17, 15) is 14.4 Å². The van der Waals surface area contributed by atoms with Crippen molar-refractivity contribution in [2.75, 3.05) is 20.1 Å². The normalized spacial score (nSPS) is 11.4. The molecular weight excluding hydrogens is 436 g/mol. The lowest BCUT2D eigenvalue weighted by molar-refractivity contribution is -0.143. The molecule has 9 nitrogen and oxygen atoms in total. The summed E-state index contributed by atoms with van der Waals surface area (Å²) >= 11 is 0. The highest BCUT2D eigenvalue weighted by Gasteiger charge is 2.16. The number of hydrogen-bond donors (Lipinski definition) is 4. The van der Waals surface area contributed by atoms with E-state index in [2.05, 4.69) is 9.97 Å². The predicted molar refractivity (Wildman–Crippen MR) is 129 cm³/mol. The average molecular weight is 469 g/mol. The van der Waals surface area contributed by atoms with Gasteiger partial charge in [-0.15, -0.1) is 0 Å². The topological polar surface area (TPSA) is 150 Å². The molecule has 0 fully saturated rings. The van der Waals surface area contributed by atoms with Crippen molar-refractivity contribution >= 4 is 28.7 Å². The number of para-hydroxylation sites is 1. The summed E-state index contributed by atoms with van der Waals surface area (Å²) in [6.07, 6.45) is 8.57. The zero-order valence-electron chi connectivity index (χ0n) is 19.3. The molecule has 0 spiro atoms. The Morgan fingerprint density at radius 1 is 1.09 bits per heavy atom. The van der Waals surface area contributed by atoms with Gasteiger partial charge in [0, 0.05) is 49.5 Å². The number of nitrogens with two attached hydrogens (primary N) is 1. The number of aliphatic carboxylic acids is 2. The maximum absolute atomic E-state index is 11.5. The van der Waals surface area contributed by atoms with Crippen LogP contribution in [0.1, 0.15) is 30.4 Å². The number of H-pyrrole nitrogens is 1. The number of likely N-dealkylation sites (N-methyl/N-ethyl adjacent to an activating group) is 1. The fourth-order valence-electron chi connectivity index (χ4n) is 3.49. The van der Waals surface area contributed by atoms with Crippen molar-refractivity contribution in [1.82, 2.24) is 14.9 Å². The van der Waals surface area contributed by atoms with Crippen LogP contribution in [0.3, 0.4) is 0 Å². The SMILES string of the molecule is CN(CC(=O)O)C(=O)CCCc1ccncc1.NC[C@@H](CCc1c[nH]c2ccccc12)C(=O)O. The second-order valence-electron chi connectivity index (χ2n) is 8.02. The van der Waals surface area contributed by atoms with Crippen LogP contribution in [0, 0.1) is 5.92 Å². The molecule has 0 bridgehead atoms. The zero-order chi connectivity index (χ0) is 24.9. The maximum atomic E-state index is 11.5. The van der Waals surface area contributed by atoms with Gasteiger partial charge in [0.25, 0.3) is 0 Å². The Morgan fingerprint density at radius 3 is 2.44 bits per heavy atom. The number of carbonyl (C=O) groups is 3. The summed E-state index contributed by atoms with van der Waals surface area (Å²) in [5.41, 5.74) is 8.81. The number of nitrogens with one attached hydrogen (secondary N) is 1. The Bertz CT molecular complexity index is 1070. The number of hydrogen-bond acceptors (Lipinski definition) is 5. The number of carbonyl (C=O) groups excluding carboxylic acids is 1. The molecule has 0 radical (unpaired) electrons. The zero-order valence-corrected chi connectivity index (χ0v) is 19.3. The minimum Gasteiger partial charge on any atom is -0.481 e. The molecule has 0 aliphatic rings. The van der Waals surface area contributed by atoms with E-state index in [1.54, 1.807) is 12.4 Å². The van der Waals surface area contributed by atoms with Gasteiger partial charge in [0.2, 0.25) is 5.91 Å². The van der Waals surface area contributed by atoms with E-state index < -0.39 is 17.9 Å². The molecule has 0 unspecified atom stereocenters. The number of aromatic amines is 1. The quantitative estimate of drug-likeness (QED) is 0.338. The molecule has 34 heavy (non-hydrogen) atoms. The van der Waals surface area contributed by atoms with Gasteiger partial charge < -0.3 is 25.8 Å². The van der Waals surface area contributed by atoms with E-state index in [0.717, 1.165) is 34.9 Å². The summed E-state index contributed by atoms with van der Waals surface area (Å²) in [6.45, 7) is -0.0498. The number of rotatable bonds is 11. The Morgan fingerprint density at radius 2 is 1.79 bits per heavy atom. The van der Waals surface area contributed by atoms with E-state index in [-0.39, 0.29) is 19.0 Å². The van der Waals surface area contributed by atoms with Crippen molar-refractivity contribution in [3.8, 4) is 0 Å². The number of amides is 1. The third-order valence-electron chi connectivity index (χ3n) is 5.47. The highest BCUT2D eigenvalue weighted by molar-refractivity contribution is 5.83. The average Bonchev–Trinajstić information content (AvgIpc) is 3.23. The lowest BCUT2D eigenvalue weighted by atomic mass is 9.99. The standard InChI is InChI=1S/C13H16N2O2.C12H16N2O3/c14-7-9(13(16)17)5-6-10-8-15-12-4-2-1-3-11(10)12;1-14(9-12(16)17)11(15)4-2-3-10-5-7-13-8-6-10/h1-4,8-9,15H,5-7,14H2,(H,16,17);5-8H,2-4,9H2,1H3,(H,16,17)/t9-;/m1./s1. The van der Waals surface area contributed by atoms with Gasteiger partial charge in [-0.2, -0.15) is 0 Å². The summed E-state index contributed by atoms with van der Waals surface area (Å²) in [4.78, 5) is 41.1. The van der Waals surface area contributed by atoms with E-state index >= 15 is 0 Å². The molecule has 3 rings (SSSR count). The third-order valence-corrected chi connectivity index (χ3v) is 5.47. The minimum absolute atomic E-state index is 0.138. The molecule has 9 heteroatoms. The molecule has 3 aromatic rings. The second-order valence-corrected chi connectivity index (χ2v) is 8.02. The number of fused-ring (bicyclic) bond motifs is 1. The molecule has 1 amide bonds. The van der Waals surface area contributed by atoms with Crippen LogP contribution in [0.25, 0.3) is 10.9 Å². The summed E-state index contributed by atoms with van der Waals surface area (Å²) < 4.78 is 0. The number of pyridine rings is 1. The largest absolute Gasteiger partial charge is 0.481 e. The summed E-state index contributed by atoms with van der Waals surface area (Å²) in [5.74, 6) is -2.40. The molecule has 1 atom stereocenters. The monoisotopic (exact) mass is 468 g/mol. The van der Waals surface area contributed by atoms with Crippen molar-refractivity contribution in [3.05, 3.63) is 66.1 Å². The number of aryl methyl sites for hydroxylation is 2. The highest BCUT2D eigenvalue weighted by Crippen LogP contribution is 2.20. The van der Waals surface area contributed by atoms with Crippen LogP contribution in [0.4, 0.5) is 0 Å². The van der Waals surface area contributed by atoms with Crippen LogP contribution in [-0.2, 0) is 27.2 Å². The van der Waals surface area contributed by atoms with Gasteiger partial charge in [-0.1, -0.05) is 18.2 Å². The lowest BCUT2D eigenvalue weighted by Gasteiger charge is -2.14. The van der Waals surface area contributed by atoms with Crippen LogP contribution >= 0.6 is 0 Å². The summed E-state index contributed by atoms with van der Waals surface area (Å²) in [5, 5.41) is 18.6. The highest BCUT2D eigenvalue weighted by atomic mass is 16.4. The fourth-order valence-corrected chi connectivity index (χ4v) is 3.49. The molecule has 182 valence electrons. The first-order valence-corrected chi connectivity index (χ1v) is 11.1. The van der Waals surface area contributed by atoms with Gasteiger partial charge in [0.15, 0.2) is 0 Å². The first kappa shape index (κ1) is 26.5. The minimum atomic E-state index is -0.991. The smallest absolute Gasteiger partial charge is 0.323 e. The van der Waals surface area contributed by atoms with Crippen molar-refractivity contribution in [1.29, 1.82) is 0 Å². The van der Waals surface area contributed by atoms with Gasteiger partial charge in [-0.3, -0.25) is 19.4 Å². The van der Waals surface area contributed by atoms with Crippen molar-refractivity contribution in [3.63, 3.8) is 0 Å². The van der Waals surface area contributed by atoms with E-state index in [0.29, 0.717) is 19.3 Å². The van der Waals surface area contributed by atoms with Gasteiger partial charge in [0.1, 0.15) is 6.54 Å². The first-order valence-electron chi connectivity index (χ1n) is 11.1. The molecule has 5 N–H and O–H groups in total. The van der Waals surface area contributed by atoms with Crippen LogP contribution in [-0.4, -0.2) is 63.1 Å². The van der Waals surface area contributed by atoms with Crippen molar-refractivity contribution in [2.24, 2.45) is 11.7 Å². The second kappa shape index (κ2) is 13.7. The number of aromatic nitrogens is 2. The van der Waals surface area contributed by atoms with Crippen molar-refractivity contribution < 1.29 is 24.6 Å². The Balaban J connectivity index is 0.000000240. The fraction of sp³-hybridized carbons (Fsp3) is 0.360. The Labute approximate surface area is 198 Å². The molecule has 0 aliphatic carbocycles. The third kappa shape index (κ3) is 8.67. The lowest BCUT2D eigenvalue weighted by Crippen LogP contribution is -2.31. The first-order chi connectivity index (χ1) is 16.3. The van der Waals surface area contributed by atoms with Crippen LogP contribution < -0.4 is 5.73 Å². The van der Waals surface area contributed by atoms with Gasteiger partial charge >= 0.3 is 11.9 Å². The van der Waals surface area contributed by atoms with Crippen LogP contribution in [0.15, 0.2) is 55.0 Å². The molecule has 0 saturated heterocycles. The van der Waals surface area contributed by atoms with E-state index in [4.69, 9.17) is 15.9 Å². The van der Waals surface area contributed by atoms with Gasteiger partial charge in [0.05, 0.1) is 5.92 Å². The number of benzene rings is 1.